The van der Waals surface area contributed by atoms with Crippen molar-refractivity contribution in [3.63, 3.8) is 0 Å². The van der Waals surface area contributed by atoms with Gasteiger partial charge in [-0.3, -0.25) is 0 Å². The molecule has 0 amide bonds. The number of hydrogen-bond acceptors (Lipinski definition) is 4. The van der Waals surface area contributed by atoms with E-state index in [0.29, 0.717) is 24.8 Å². The van der Waals surface area contributed by atoms with E-state index in [1.807, 2.05) is 6.92 Å². The molecule has 0 aliphatic heterocycles. The van der Waals surface area contributed by atoms with Gasteiger partial charge in [0.1, 0.15) is 0 Å². The second kappa shape index (κ2) is 8.07. The van der Waals surface area contributed by atoms with Crippen molar-refractivity contribution in [3.8, 4) is 11.3 Å². The van der Waals surface area contributed by atoms with Gasteiger partial charge in [-0.25, -0.2) is 4.98 Å². The lowest BCUT2D eigenvalue weighted by molar-refractivity contribution is 0.204. The average molecular weight is 321 g/mol. The predicted octanol–water partition coefficient (Wildman–Crippen LogP) is 2.73. The molecule has 0 atom stereocenters. The molecule has 21 heavy (non-hydrogen) atoms. The molecule has 0 aliphatic rings. The van der Waals surface area contributed by atoms with Crippen molar-refractivity contribution in [2.45, 2.75) is 13.5 Å². The first-order valence-corrected chi connectivity index (χ1v) is 8.00. The molecule has 1 aromatic carbocycles. The Morgan fingerprint density at radius 1 is 1.29 bits per heavy atom. The quantitative estimate of drug-likeness (QED) is 0.633. The molecule has 0 saturated carbocycles. The largest absolute Gasteiger partial charge is 0.383 e. The molecule has 1 heterocycles. The van der Waals surface area contributed by atoms with Crippen molar-refractivity contribution >= 4 is 28.7 Å². The van der Waals surface area contributed by atoms with Crippen molar-refractivity contribution in [1.29, 1.82) is 0 Å². The molecule has 0 fully saturated rings. The van der Waals surface area contributed by atoms with Crippen molar-refractivity contribution in [2.75, 3.05) is 20.3 Å². The molecule has 112 valence electrons. The van der Waals surface area contributed by atoms with Crippen LogP contribution in [0.3, 0.4) is 0 Å². The Kier molecular flexibility index (Phi) is 6.10. The lowest BCUT2D eigenvalue weighted by Crippen LogP contribution is -2.36. The van der Waals surface area contributed by atoms with Crippen LogP contribution in [0.2, 0.25) is 0 Å². The maximum absolute atomic E-state index is 5.19. The summed E-state index contributed by atoms with van der Waals surface area (Å²) >= 11 is 6.85. The molecule has 0 unspecified atom stereocenters. The van der Waals surface area contributed by atoms with E-state index in [-0.39, 0.29) is 0 Å². The summed E-state index contributed by atoms with van der Waals surface area (Å²) in [5.41, 5.74) is 3.36. The summed E-state index contributed by atoms with van der Waals surface area (Å²) < 4.78 is 4.96. The van der Waals surface area contributed by atoms with Gasteiger partial charge in [-0.15, -0.1) is 11.3 Å². The van der Waals surface area contributed by atoms with Gasteiger partial charge in [0.05, 0.1) is 17.3 Å². The molecular weight excluding hydrogens is 302 g/mol. The van der Waals surface area contributed by atoms with Gasteiger partial charge in [0.2, 0.25) is 0 Å². The summed E-state index contributed by atoms with van der Waals surface area (Å²) in [4.78, 5) is 4.49. The second-order valence-electron chi connectivity index (χ2n) is 4.55. The predicted molar refractivity (Wildman–Crippen MR) is 91.6 cm³/mol. The average Bonchev–Trinajstić information content (AvgIpc) is 2.92. The number of methoxy groups -OCH3 is 1. The molecule has 0 radical (unpaired) electrons. The van der Waals surface area contributed by atoms with Gasteiger partial charge in [0, 0.05) is 31.1 Å². The zero-order valence-electron chi connectivity index (χ0n) is 12.2. The summed E-state index contributed by atoms with van der Waals surface area (Å²) in [7, 11) is 1.67. The number of hydrogen-bond donors (Lipinski definition) is 2. The highest BCUT2D eigenvalue weighted by atomic mass is 32.1. The first kappa shape index (κ1) is 15.9. The van der Waals surface area contributed by atoms with Crippen LogP contribution in [0.5, 0.6) is 0 Å². The zero-order chi connectivity index (χ0) is 15.1. The minimum absolute atomic E-state index is 0.642. The number of nitrogens with one attached hydrogen (secondary N) is 2. The van der Waals surface area contributed by atoms with Gasteiger partial charge >= 0.3 is 0 Å². The van der Waals surface area contributed by atoms with E-state index < -0.39 is 0 Å². The van der Waals surface area contributed by atoms with Crippen LogP contribution in [0, 0.1) is 6.92 Å². The third-order valence-electron chi connectivity index (χ3n) is 2.91. The van der Waals surface area contributed by atoms with E-state index >= 15 is 0 Å². The number of aromatic nitrogens is 1. The summed E-state index contributed by atoms with van der Waals surface area (Å²) in [6, 6.07) is 8.36. The number of rotatable bonds is 6. The van der Waals surface area contributed by atoms with Gasteiger partial charge in [-0.2, -0.15) is 0 Å². The number of thiocarbonyl (C=S) groups is 1. The number of thiazole rings is 1. The van der Waals surface area contributed by atoms with Crippen molar-refractivity contribution in [2.24, 2.45) is 0 Å². The summed E-state index contributed by atoms with van der Waals surface area (Å²) in [5, 5.41) is 10.1. The molecule has 0 bridgehead atoms. The Morgan fingerprint density at radius 2 is 2.05 bits per heavy atom. The molecule has 0 spiro atoms. The van der Waals surface area contributed by atoms with Crippen LogP contribution in [0.15, 0.2) is 29.6 Å². The number of ether oxygens (including phenoxy) is 1. The van der Waals surface area contributed by atoms with Crippen LogP contribution in [0.25, 0.3) is 11.3 Å². The molecule has 2 rings (SSSR count). The topological polar surface area (TPSA) is 46.2 Å². The van der Waals surface area contributed by atoms with Crippen LogP contribution >= 0.6 is 23.6 Å². The fraction of sp³-hybridized carbons (Fsp3) is 0.333. The molecule has 2 N–H and O–H groups in total. The minimum Gasteiger partial charge on any atom is -0.383 e. The van der Waals surface area contributed by atoms with Crippen molar-refractivity contribution in [3.05, 3.63) is 40.2 Å². The van der Waals surface area contributed by atoms with E-state index in [2.05, 4.69) is 45.3 Å². The Hall–Kier alpha value is -1.50. The number of aryl methyl sites for hydroxylation is 1. The lowest BCUT2D eigenvalue weighted by Gasteiger charge is -2.10. The van der Waals surface area contributed by atoms with Crippen molar-refractivity contribution < 1.29 is 4.74 Å². The van der Waals surface area contributed by atoms with E-state index in [9.17, 15) is 0 Å². The second-order valence-corrected chi connectivity index (χ2v) is 6.02. The fourth-order valence-electron chi connectivity index (χ4n) is 1.80. The van der Waals surface area contributed by atoms with Gasteiger partial charge in [-0.1, -0.05) is 24.3 Å². The highest BCUT2D eigenvalue weighted by Crippen LogP contribution is 2.21. The normalized spacial score (nSPS) is 10.4. The molecular formula is C15H19N3OS2. The Bertz CT molecular complexity index is 581. The van der Waals surface area contributed by atoms with Crippen LogP contribution in [-0.4, -0.2) is 30.4 Å². The smallest absolute Gasteiger partial charge is 0.166 e. The summed E-state index contributed by atoms with van der Waals surface area (Å²) in [6.07, 6.45) is 0. The van der Waals surface area contributed by atoms with Crippen molar-refractivity contribution in [1.82, 2.24) is 15.6 Å². The first-order chi connectivity index (χ1) is 10.2. The fourth-order valence-corrected chi connectivity index (χ4v) is 2.60. The maximum Gasteiger partial charge on any atom is 0.166 e. The standard InChI is InChI=1S/C15H19N3OS2/c1-11-18-14(10-21-11)13-5-3-12(4-6-13)9-17-15(20)16-7-8-19-2/h3-6,10H,7-9H2,1-2H3,(H2,16,17,20). The van der Waals surface area contributed by atoms with E-state index in [1.54, 1.807) is 18.4 Å². The molecule has 0 saturated heterocycles. The van der Waals surface area contributed by atoms with E-state index in [4.69, 9.17) is 17.0 Å². The Balaban J connectivity index is 1.84. The molecule has 4 nitrogen and oxygen atoms in total. The monoisotopic (exact) mass is 321 g/mol. The minimum atomic E-state index is 0.642. The Morgan fingerprint density at radius 3 is 2.67 bits per heavy atom. The van der Waals surface area contributed by atoms with E-state index in [0.717, 1.165) is 16.3 Å². The number of nitrogens with zero attached hydrogens (tertiary/aromatic N) is 1. The lowest BCUT2D eigenvalue weighted by atomic mass is 10.1. The van der Waals surface area contributed by atoms with Gasteiger partial charge in [0.25, 0.3) is 0 Å². The van der Waals surface area contributed by atoms with Crippen LogP contribution in [0.1, 0.15) is 10.6 Å². The molecule has 2 aromatic rings. The number of benzene rings is 1. The van der Waals surface area contributed by atoms with Gasteiger partial charge < -0.3 is 15.4 Å². The first-order valence-electron chi connectivity index (χ1n) is 6.71. The van der Waals surface area contributed by atoms with Gasteiger partial charge in [0.15, 0.2) is 5.11 Å². The highest BCUT2D eigenvalue weighted by Gasteiger charge is 2.02. The maximum atomic E-state index is 5.19. The van der Waals surface area contributed by atoms with Crippen LogP contribution in [-0.2, 0) is 11.3 Å². The molecule has 0 aliphatic carbocycles. The van der Waals surface area contributed by atoms with Crippen LogP contribution < -0.4 is 10.6 Å². The third kappa shape index (κ3) is 5.08. The van der Waals surface area contributed by atoms with Crippen LogP contribution in [0.4, 0.5) is 0 Å². The Labute approximate surface area is 134 Å². The highest BCUT2D eigenvalue weighted by molar-refractivity contribution is 7.80. The molecule has 6 heteroatoms. The molecule has 1 aromatic heterocycles. The van der Waals surface area contributed by atoms with E-state index in [1.165, 1.54) is 5.56 Å². The third-order valence-corrected chi connectivity index (χ3v) is 3.98. The summed E-state index contributed by atoms with van der Waals surface area (Å²) in [6.45, 7) is 4.08. The SMILES string of the molecule is COCCNC(=S)NCc1ccc(-c2csc(C)n2)cc1. The summed E-state index contributed by atoms with van der Waals surface area (Å²) in [5.74, 6) is 0. The van der Waals surface area contributed by atoms with Gasteiger partial charge in [-0.05, 0) is 24.7 Å². The zero-order valence-corrected chi connectivity index (χ0v) is 13.8.